The number of aryl methyl sites for hydroxylation is 1. The van der Waals surface area contributed by atoms with Gasteiger partial charge < -0.3 is 10.2 Å². The second-order valence-electron chi connectivity index (χ2n) is 5.61. The van der Waals surface area contributed by atoms with E-state index in [4.69, 9.17) is 0 Å². The van der Waals surface area contributed by atoms with Crippen LogP contribution in [0.5, 0.6) is 0 Å². The number of hydrogen-bond donors (Lipinski definition) is 1. The first-order valence-electron chi connectivity index (χ1n) is 7.40. The zero-order chi connectivity index (χ0) is 14.7. The molecule has 108 valence electrons. The van der Waals surface area contributed by atoms with Gasteiger partial charge in [-0.1, -0.05) is 35.9 Å². The first-order chi connectivity index (χ1) is 10.2. The van der Waals surface area contributed by atoms with E-state index in [0.29, 0.717) is 0 Å². The van der Waals surface area contributed by atoms with Gasteiger partial charge in [-0.3, -0.25) is 4.79 Å². The van der Waals surface area contributed by atoms with Crippen LogP contribution in [0.4, 0.5) is 5.69 Å². The summed E-state index contributed by atoms with van der Waals surface area (Å²) in [6, 6.07) is 18.3. The molecule has 0 aromatic heterocycles. The van der Waals surface area contributed by atoms with Crippen molar-refractivity contribution in [3.05, 3.63) is 65.7 Å². The van der Waals surface area contributed by atoms with Gasteiger partial charge in [0.2, 0.25) is 0 Å². The number of para-hydroxylation sites is 1. The maximum absolute atomic E-state index is 12.2. The SMILES string of the molecule is Cc1ccc(C(=O)NC2CCN(c3ccccc3)C2)cc1. The van der Waals surface area contributed by atoms with E-state index in [-0.39, 0.29) is 11.9 Å². The molecule has 1 atom stereocenters. The Kier molecular flexibility index (Phi) is 3.91. The molecule has 0 aliphatic carbocycles. The zero-order valence-corrected chi connectivity index (χ0v) is 12.3. The third kappa shape index (κ3) is 3.24. The van der Waals surface area contributed by atoms with Crippen molar-refractivity contribution in [3.8, 4) is 0 Å². The van der Waals surface area contributed by atoms with E-state index < -0.39 is 0 Å². The van der Waals surface area contributed by atoms with E-state index in [1.807, 2.05) is 49.4 Å². The lowest BCUT2D eigenvalue weighted by atomic mass is 10.1. The van der Waals surface area contributed by atoms with E-state index in [1.165, 1.54) is 11.3 Å². The summed E-state index contributed by atoms with van der Waals surface area (Å²) in [6.45, 7) is 3.89. The van der Waals surface area contributed by atoms with E-state index in [9.17, 15) is 4.79 Å². The molecule has 2 aromatic carbocycles. The molecule has 1 fully saturated rings. The van der Waals surface area contributed by atoms with Crippen LogP contribution in [0.15, 0.2) is 54.6 Å². The summed E-state index contributed by atoms with van der Waals surface area (Å²) in [5.41, 5.74) is 3.13. The van der Waals surface area contributed by atoms with Crippen LogP contribution in [0.2, 0.25) is 0 Å². The monoisotopic (exact) mass is 280 g/mol. The first kappa shape index (κ1) is 13.7. The summed E-state index contributed by atoms with van der Waals surface area (Å²) >= 11 is 0. The summed E-state index contributed by atoms with van der Waals surface area (Å²) in [7, 11) is 0. The lowest BCUT2D eigenvalue weighted by Crippen LogP contribution is -2.37. The molecule has 0 bridgehead atoms. The highest BCUT2D eigenvalue weighted by Gasteiger charge is 2.24. The van der Waals surface area contributed by atoms with E-state index in [0.717, 1.165) is 25.1 Å². The normalized spacial score (nSPS) is 17.8. The van der Waals surface area contributed by atoms with Crippen molar-refractivity contribution in [2.75, 3.05) is 18.0 Å². The van der Waals surface area contributed by atoms with Gasteiger partial charge in [0.25, 0.3) is 5.91 Å². The Balaban J connectivity index is 1.60. The lowest BCUT2D eigenvalue weighted by molar-refractivity contribution is 0.0940. The van der Waals surface area contributed by atoms with E-state index in [2.05, 4.69) is 22.3 Å². The molecule has 3 rings (SSSR count). The molecule has 2 aromatic rings. The van der Waals surface area contributed by atoms with Crippen LogP contribution in [-0.2, 0) is 0 Å². The molecule has 1 aliphatic rings. The second kappa shape index (κ2) is 6.00. The summed E-state index contributed by atoms with van der Waals surface area (Å²) in [5.74, 6) is 0.0231. The van der Waals surface area contributed by atoms with Gasteiger partial charge in [0.1, 0.15) is 0 Å². The first-order valence-corrected chi connectivity index (χ1v) is 7.40. The van der Waals surface area contributed by atoms with Gasteiger partial charge in [-0.05, 0) is 37.6 Å². The molecule has 21 heavy (non-hydrogen) atoms. The zero-order valence-electron chi connectivity index (χ0n) is 12.3. The Bertz CT molecular complexity index is 607. The van der Waals surface area contributed by atoms with Gasteiger partial charge in [0, 0.05) is 30.4 Å². The Hall–Kier alpha value is -2.29. The molecular formula is C18H20N2O. The van der Waals surface area contributed by atoms with Crippen molar-refractivity contribution in [1.29, 1.82) is 0 Å². The van der Waals surface area contributed by atoms with Gasteiger partial charge in [-0.2, -0.15) is 0 Å². The number of anilines is 1. The molecule has 3 nitrogen and oxygen atoms in total. The van der Waals surface area contributed by atoms with Crippen LogP contribution >= 0.6 is 0 Å². The van der Waals surface area contributed by atoms with Crippen LogP contribution in [0.25, 0.3) is 0 Å². The molecule has 0 saturated carbocycles. The van der Waals surface area contributed by atoms with Crippen molar-refractivity contribution >= 4 is 11.6 Å². The topological polar surface area (TPSA) is 32.3 Å². The molecular weight excluding hydrogens is 260 g/mol. The third-order valence-electron chi connectivity index (χ3n) is 3.96. The average molecular weight is 280 g/mol. The summed E-state index contributed by atoms with van der Waals surface area (Å²) < 4.78 is 0. The van der Waals surface area contributed by atoms with Gasteiger partial charge in [-0.25, -0.2) is 0 Å². The Morgan fingerprint density at radius 2 is 1.81 bits per heavy atom. The maximum Gasteiger partial charge on any atom is 0.251 e. The van der Waals surface area contributed by atoms with Crippen molar-refractivity contribution in [3.63, 3.8) is 0 Å². The predicted molar refractivity (Wildman–Crippen MR) is 85.7 cm³/mol. The highest BCUT2D eigenvalue weighted by Crippen LogP contribution is 2.19. The van der Waals surface area contributed by atoms with Crippen molar-refractivity contribution in [2.45, 2.75) is 19.4 Å². The van der Waals surface area contributed by atoms with Crippen molar-refractivity contribution in [2.24, 2.45) is 0 Å². The quantitative estimate of drug-likeness (QED) is 0.937. The van der Waals surface area contributed by atoms with Crippen LogP contribution in [0.3, 0.4) is 0 Å². The summed E-state index contributed by atoms with van der Waals surface area (Å²) in [6.07, 6.45) is 0.993. The Morgan fingerprint density at radius 3 is 2.52 bits per heavy atom. The minimum atomic E-state index is 0.0231. The summed E-state index contributed by atoms with van der Waals surface area (Å²) in [5, 5.41) is 3.13. The van der Waals surface area contributed by atoms with Gasteiger partial charge in [0.15, 0.2) is 0 Å². The van der Waals surface area contributed by atoms with Crippen LogP contribution in [0, 0.1) is 6.92 Å². The number of benzene rings is 2. The Labute approximate surface area is 125 Å². The molecule has 3 heteroatoms. The highest BCUT2D eigenvalue weighted by atomic mass is 16.1. The second-order valence-corrected chi connectivity index (χ2v) is 5.61. The largest absolute Gasteiger partial charge is 0.369 e. The fraction of sp³-hybridized carbons (Fsp3) is 0.278. The predicted octanol–water partition coefficient (Wildman–Crippen LogP) is 3.00. The lowest BCUT2D eigenvalue weighted by Gasteiger charge is -2.19. The highest BCUT2D eigenvalue weighted by molar-refractivity contribution is 5.94. The number of nitrogens with one attached hydrogen (secondary N) is 1. The average Bonchev–Trinajstić information content (AvgIpc) is 2.97. The van der Waals surface area contributed by atoms with Crippen LogP contribution < -0.4 is 10.2 Å². The van der Waals surface area contributed by atoms with E-state index >= 15 is 0 Å². The molecule has 1 unspecified atom stereocenters. The third-order valence-corrected chi connectivity index (χ3v) is 3.96. The molecule has 1 saturated heterocycles. The van der Waals surface area contributed by atoms with Crippen LogP contribution in [-0.4, -0.2) is 25.0 Å². The minimum Gasteiger partial charge on any atom is -0.369 e. The minimum absolute atomic E-state index is 0.0231. The number of nitrogens with zero attached hydrogens (tertiary/aromatic N) is 1. The van der Waals surface area contributed by atoms with Gasteiger partial charge in [-0.15, -0.1) is 0 Å². The van der Waals surface area contributed by atoms with E-state index in [1.54, 1.807) is 0 Å². The van der Waals surface area contributed by atoms with Crippen molar-refractivity contribution in [1.82, 2.24) is 5.32 Å². The number of carbonyl (C=O) groups is 1. The number of hydrogen-bond acceptors (Lipinski definition) is 2. The Morgan fingerprint density at radius 1 is 1.10 bits per heavy atom. The molecule has 1 aliphatic heterocycles. The number of rotatable bonds is 3. The molecule has 0 spiro atoms. The van der Waals surface area contributed by atoms with Gasteiger partial charge >= 0.3 is 0 Å². The number of amides is 1. The molecule has 0 radical (unpaired) electrons. The molecule has 1 amide bonds. The standard InChI is InChI=1S/C18H20N2O/c1-14-7-9-15(10-8-14)18(21)19-16-11-12-20(13-16)17-5-3-2-4-6-17/h2-10,16H,11-13H2,1H3,(H,19,21). The van der Waals surface area contributed by atoms with Crippen LogP contribution in [0.1, 0.15) is 22.3 Å². The molecule has 1 N–H and O–H groups in total. The fourth-order valence-electron chi connectivity index (χ4n) is 2.73. The maximum atomic E-state index is 12.2. The molecule has 1 heterocycles. The van der Waals surface area contributed by atoms with Crippen molar-refractivity contribution < 1.29 is 4.79 Å². The summed E-state index contributed by atoms with van der Waals surface area (Å²) in [4.78, 5) is 14.5. The van der Waals surface area contributed by atoms with Gasteiger partial charge in [0.05, 0.1) is 0 Å². The number of carbonyl (C=O) groups excluding carboxylic acids is 1. The smallest absolute Gasteiger partial charge is 0.251 e. The fourth-order valence-corrected chi connectivity index (χ4v) is 2.73.